The topological polar surface area (TPSA) is 110 Å². The number of anilines is 1. The molecule has 0 bridgehead atoms. The van der Waals surface area contributed by atoms with E-state index >= 15 is 0 Å². The maximum absolute atomic E-state index is 13.9. The van der Waals surface area contributed by atoms with Crippen molar-refractivity contribution in [1.29, 1.82) is 0 Å². The molecule has 7 nitrogen and oxygen atoms in total. The van der Waals surface area contributed by atoms with E-state index in [0.29, 0.717) is 6.42 Å². The maximum Gasteiger partial charge on any atom is 0.293 e. The Morgan fingerprint density at radius 3 is 2.62 bits per heavy atom. The molecule has 0 aromatic heterocycles. The summed E-state index contributed by atoms with van der Waals surface area (Å²) in [4.78, 5) is 23.8. The Balaban J connectivity index is 3.27. The number of amides is 1. The van der Waals surface area contributed by atoms with Crippen LogP contribution in [-0.2, 0) is 0 Å². The van der Waals surface area contributed by atoms with Gasteiger partial charge in [0.25, 0.3) is 11.6 Å². The zero-order valence-electron chi connectivity index (χ0n) is 11.9. The number of nitrogens with two attached hydrogens (primary N) is 1. The predicted molar refractivity (Wildman–Crippen MR) is 75.3 cm³/mol. The highest BCUT2D eigenvalue weighted by molar-refractivity contribution is 6.01. The molecule has 0 heterocycles. The Labute approximate surface area is 121 Å². The van der Waals surface area contributed by atoms with Crippen molar-refractivity contribution in [3.05, 3.63) is 33.6 Å². The highest BCUT2D eigenvalue weighted by atomic mass is 19.1. The number of aliphatic hydroxyl groups excluding tert-OH is 1. The summed E-state index contributed by atoms with van der Waals surface area (Å²) in [5, 5.41) is 19.7. The summed E-state index contributed by atoms with van der Waals surface area (Å²) in [6.07, 6.45) is 0.320. The lowest BCUT2D eigenvalue weighted by atomic mass is 10.1. The Morgan fingerprint density at radius 1 is 1.52 bits per heavy atom. The zero-order valence-corrected chi connectivity index (χ0v) is 11.9. The van der Waals surface area contributed by atoms with E-state index in [1.165, 1.54) is 4.90 Å². The molecule has 0 aliphatic heterocycles. The molecule has 1 aromatic rings. The van der Waals surface area contributed by atoms with E-state index in [1.54, 1.807) is 13.8 Å². The predicted octanol–water partition coefficient (Wildman–Crippen LogP) is 1.55. The number of aliphatic hydroxyl groups is 1. The first-order valence-electron chi connectivity index (χ1n) is 6.45. The van der Waals surface area contributed by atoms with Gasteiger partial charge in [0.05, 0.1) is 4.92 Å². The van der Waals surface area contributed by atoms with Crippen LogP contribution in [0.15, 0.2) is 12.1 Å². The molecule has 0 spiro atoms. The van der Waals surface area contributed by atoms with Gasteiger partial charge in [-0.3, -0.25) is 14.9 Å². The number of nitro benzene ring substituents is 1. The molecule has 8 heteroatoms. The van der Waals surface area contributed by atoms with Crippen molar-refractivity contribution in [3.8, 4) is 0 Å². The number of carbonyl (C=O) groups is 1. The highest BCUT2D eigenvalue weighted by Crippen LogP contribution is 2.28. The van der Waals surface area contributed by atoms with Gasteiger partial charge in [-0.1, -0.05) is 0 Å². The average molecular weight is 299 g/mol. The second-order valence-corrected chi connectivity index (χ2v) is 4.78. The fourth-order valence-corrected chi connectivity index (χ4v) is 1.94. The smallest absolute Gasteiger partial charge is 0.293 e. The van der Waals surface area contributed by atoms with E-state index < -0.39 is 33.6 Å². The van der Waals surface area contributed by atoms with Crippen molar-refractivity contribution >= 4 is 17.3 Å². The number of nitrogen functional groups attached to an aromatic ring is 1. The number of halogens is 1. The van der Waals surface area contributed by atoms with Crippen LogP contribution in [0.4, 0.5) is 15.8 Å². The van der Waals surface area contributed by atoms with Gasteiger partial charge >= 0.3 is 0 Å². The fourth-order valence-electron chi connectivity index (χ4n) is 1.94. The maximum atomic E-state index is 13.9. The largest absolute Gasteiger partial charge is 0.396 e. The first-order chi connectivity index (χ1) is 9.81. The van der Waals surface area contributed by atoms with E-state index in [-0.39, 0.29) is 19.2 Å². The van der Waals surface area contributed by atoms with Gasteiger partial charge in [-0.15, -0.1) is 0 Å². The molecule has 1 amide bonds. The van der Waals surface area contributed by atoms with Crippen LogP contribution < -0.4 is 5.73 Å². The number of benzene rings is 1. The van der Waals surface area contributed by atoms with Crippen LogP contribution in [0.1, 0.15) is 30.6 Å². The molecule has 116 valence electrons. The highest BCUT2D eigenvalue weighted by Gasteiger charge is 2.28. The number of rotatable bonds is 6. The zero-order chi connectivity index (χ0) is 16.2. The molecular formula is C13H18FN3O4. The molecule has 0 radical (unpaired) electrons. The quantitative estimate of drug-likeness (QED) is 0.470. The van der Waals surface area contributed by atoms with Gasteiger partial charge in [-0.25, -0.2) is 4.39 Å². The van der Waals surface area contributed by atoms with E-state index in [4.69, 9.17) is 10.8 Å². The van der Waals surface area contributed by atoms with Crippen molar-refractivity contribution < 1.29 is 19.2 Å². The molecule has 21 heavy (non-hydrogen) atoms. The third-order valence-electron chi connectivity index (χ3n) is 3.02. The van der Waals surface area contributed by atoms with Crippen LogP contribution in [0.5, 0.6) is 0 Å². The van der Waals surface area contributed by atoms with Crippen molar-refractivity contribution in [2.75, 3.05) is 18.9 Å². The van der Waals surface area contributed by atoms with Crippen molar-refractivity contribution in [3.63, 3.8) is 0 Å². The Hall–Kier alpha value is -2.22. The lowest BCUT2D eigenvalue weighted by molar-refractivity contribution is -0.384. The minimum Gasteiger partial charge on any atom is -0.396 e. The minimum absolute atomic E-state index is 0.122. The van der Waals surface area contributed by atoms with Crippen LogP contribution in [0.3, 0.4) is 0 Å². The van der Waals surface area contributed by atoms with Gasteiger partial charge in [0.2, 0.25) is 0 Å². The molecule has 0 unspecified atom stereocenters. The van der Waals surface area contributed by atoms with Crippen LogP contribution in [0, 0.1) is 15.9 Å². The summed E-state index contributed by atoms with van der Waals surface area (Å²) in [7, 11) is 0. The summed E-state index contributed by atoms with van der Waals surface area (Å²) in [5.74, 6) is -1.63. The first kappa shape index (κ1) is 16.8. The second kappa shape index (κ2) is 6.98. The summed E-state index contributed by atoms with van der Waals surface area (Å²) in [6, 6.07) is 1.52. The standard InChI is InChI=1S/C13H18FN3O4/c1-8(2)16(6-3-7-18)13(19)11-9(14)4-5-10(12(11)15)17(20)21/h4-5,8,18H,3,6-7,15H2,1-2H3. The molecule has 0 atom stereocenters. The average Bonchev–Trinajstić information content (AvgIpc) is 2.38. The molecule has 0 aliphatic rings. The van der Waals surface area contributed by atoms with Gasteiger partial charge in [0.15, 0.2) is 0 Å². The second-order valence-electron chi connectivity index (χ2n) is 4.78. The molecule has 0 fully saturated rings. The van der Waals surface area contributed by atoms with Crippen molar-refractivity contribution in [2.45, 2.75) is 26.3 Å². The normalized spacial score (nSPS) is 10.7. The summed E-state index contributed by atoms with van der Waals surface area (Å²) >= 11 is 0. The van der Waals surface area contributed by atoms with Crippen LogP contribution in [0.2, 0.25) is 0 Å². The van der Waals surface area contributed by atoms with Crippen LogP contribution in [-0.4, -0.2) is 40.0 Å². The fraction of sp³-hybridized carbons (Fsp3) is 0.462. The number of nitro groups is 1. The SMILES string of the molecule is CC(C)N(CCCO)C(=O)c1c(F)ccc([N+](=O)[O-])c1N. The van der Waals surface area contributed by atoms with Crippen LogP contribution >= 0.6 is 0 Å². The summed E-state index contributed by atoms with van der Waals surface area (Å²) in [5.41, 5.74) is 4.08. The number of hydrogen-bond acceptors (Lipinski definition) is 5. The third kappa shape index (κ3) is 3.66. The van der Waals surface area contributed by atoms with Crippen molar-refractivity contribution in [1.82, 2.24) is 4.90 Å². The molecule has 0 aliphatic carbocycles. The monoisotopic (exact) mass is 299 g/mol. The number of nitrogens with zero attached hydrogens (tertiary/aromatic N) is 2. The molecule has 1 aromatic carbocycles. The summed E-state index contributed by atoms with van der Waals surface area (Å²) in [6.45, 7) is 3.53. The number of hydrogen-bond donors (Lipinski definition) is 2. The molecular weight excluding hydrogens is 281 g/mol. The van der Waals surface area contributed by atoms with Gasteiger partial charge in [-0.2, -0.15) is 0 Å². The molecule has 0 saturated carbocycles. The first-order valence-corrected chi connectivity index (χ1v) is 6.45. The molecule has 1 rings (SSSR count). The minimum atomic E-state index is -0.905. The van der Waals surface area contributed by atoms with Gasteiger partial charge in [-0.05, 0) is 26.3 Å². The molecule has 0 saturated heterocycles. The Morgan fingerprint density at radius 2 is 2.14 bits per heavy atom. The van der Waals surface area contributed by atoms with E-state index in [1.807, 2.05) is 0 Å². The lowest BCUT2D eigenvalue weighted by Crippen LogP contribution is -2.39. The van der Waals surface area contributed by atoms with E-state index in [9.17, 15) is 19.3 Å². The van der Waals surface area contributed by atoms with Crippen LogP contribution in [0.25, 0.3) is 0 Å². The van der Waals surface area contributed by atoms with E-state index in [2.05, 4.69) is 0 Å². The van der Waals surface area contributed by atoms with Gasteiger partial charge < -0.3 is 15.7 Å². The Kier molecular flexibility index (Phi) is 5.60. The number of carbonyl (C=O) groups excluding carboxylic acids is 1. The van der Waals surface area contributed by atoms with Gasteiger partial charge in [0, 0.05) is 25.3 Å². The molecule has 3 N–H and O–H groups in total. The third-order valence-corrected chi connectivity index (χ3v) is 3.02. The lowest BCUT2D eigenvalue weighted by Gasteiger charge is -2.27. The summed E-state index contributed by atoms with van der Waals surface area (Å²) < 4.78 is 13.9. The van der Waals surface area contributed by atoms with E-state index in [0.717, 1.165) is 12.1 Å². The Bertz CT molecular complexity index is 548. The van der Waals surface area contributed by atoms with Gasteiger partial charge in [0.1, 0.15) is 17.1 Å². The van der Waals surface area contributed by atoms with Crippen molar-refractivity contribution in [2.24, 2.45) is 0 Å².